The van der Waals surface area contributed by atoms with E-state index in [4.69, 9.17) is 18.0 Å². The molecule has 7 heteroatoms. The summed E-state index contributed by atoms with van der Waals surface area (Å²) < 4.78 is 0. The van der Waals surface area contributed by atoms with Crippen molar-refractivity contribution in [3.63, 3.8) is 0 Å². The number of nitrogens with zero attached hydrogens (tertiary/aromatic N) is 1. The van der Waals surface area contributed by atoms with Crippen LogP contribution in [0.2, 0.25) is 0 Å². The molecule has 1 fully saturated rings. The highest BCUT2D eigenvalue weighted by molar-refractivity contribution is 7.80. The van der Waals surface area contributed by atoms with Crippen LogP contribution in [0.4, 0.5) is 5.69 Å². The monoisotopic (exact) mass is 278 g/mol. The van der Waals surface area contributed by atoms with E-state index < -0.39 is 0 Å². The number of thiocarbonyl (C=S) groups is 1. The Labute approximate surface area is 115 Å². The third kappa shape index (κ3) is 3.19. The predicted octanol–water partition coefficient (Wildman–Crippen LogP) is -0.0859. The summed E-state index contributed by atoms with van der Waals surface area (Å²) in [6.07, 6.45) is 0. The van der Waals surface area contributed by atoms with Crippen LogP contribution in [0.5, 0.6) is 0 Å². The van der Waals surface area contributed by atoms with Gasteiger partial charge in [-0.25, -0.2) is 0 Å². The highest BCUT2D eigenvalue weighted by Gasteiger charge is 2.23. The van der Waals surface area contributed by atoms with Crippen molar-refractivity contribution in [2.45, 2.75) is 0 Å². The van der Waals surface area contributed by atoms with Gasteiger partial charge in [-0.2, -0.15) is 0 Å². The molecule has 1 aromatic carbocycles. The molecule has 0 spiro atoms. The second-order valence-corrected chi connectivity index (χ2v) is 4.55. The van der Waals surface area contributed by atoms with Gasteiger partial charge in [0.2, 0.25) is 5.91 Å². The minimum Gasteiger partial charge on any atom is -0.376 e. The first-order valence-corrected chi connectivity index (χ1v) is 6.20. The Hall–Kier alpha value is -2.15. The van der Waals surface area contributed by atoms with Crippen LogP contribution >= 0.6 is 12.2 Å². The second kappa shape index (κ2) is 5.66. The standard InChI is InChI=1S/C12H14N4O2S/c13-12(19)15-9-4-2-1-3-8(9)11(18)16-6-5-14-10(17)7-16/h1-4H,5-7H2,(H,14,17)(H3,13,15,19). The zero-order valence-electron chi connectivity index (χ0n) is 10.2. The van der Waals surface area contributed by atoms with E-state index in [-0.39, 0.29) is 23.5 Å². The quantitative estimate of drug-likeness (QED) is 0.658. The zero-order chi connectivity index (χ0) is 13.8. The van der Waals surface area contributed by atoms with Gasteiger partial charge in [0.15, 0.2) is 5.11 Å². The molecule has 6 nitrogen and oxygen atoms in total. The van der Waals surface area contributed by atoms with Crippen LogP contribution in [0.15, 0.2) is 24.3 Å². The van der Waals surface area contributed by atoms with E-state index in [9.17, 15) is 9.59 Å². The van der Waals surface area contributed by atoms with E-state index in [2.05, 4.69) is 10.6 Å². The van der Waals surface area contributed by atoms with Gasteiger partial charge in [0.05, 0.1) is 17.8 Å². The first kappa shape index (κ1) is 13.3. The van der Waals surface area contributed by atoms with Gasteiger partial charge in [0, 0.05) is 13.1 Å². The highest BCUT2D eigenvalue weighted by Crippen LogP contribution is 2.17. The molecule has 1 heterocycles. The van der Waals surface area contributed by atoms with Crippen LogP contribution in [0.1, 0.15) is 10.4 Å². The Morgan fingerprint density at radius 2 is 2.16 bits per heavy atom. The number of para-hydroxylation sites is 1. The van der Waals surface area contributed by atoms with Crippen molar-refractivity contribution in [2.75, 3.05) is 25.0 Å². The van der Waals surface area contributed by atoms with Crippen molar-refractivity contribution in [2.24, 2.45) is 5.73 Å². The fourth-order valence-electron chi connectivity index (χ4n) is 1.89. The number of hydrogen-bond donors (Lipinski definition) is 3. The fraction of sp³-hybridized carbons (Fsp3) is 0.250. The van der Waals surface area contributed by atoms with Crippen LogP contribution < -0.4 is 16.4 Å². The number of rotatable bonds is 2. The van der Waals surface area contributed by atoms with Crippen molar-refractivity contribution in [3.8, 4) is 0 Å². The van der Waals surface area contributed by atoms with Crippen LogP contribution in [0.3, 0.4) is 0 Å². The highest BCUT2D eigenvalue weighted by atomic mass is 32.1. The Kier molecular flexibility index (Phi) is 3.96. The molecular weight excluding hydrogens is 264 g/mol. The van der Waals surface area contributed by atoms with Gasteiger partial charge in [-0.15, -0.1) is 0 Å². The molecule has 1 aliphatic rings. The number of nitrogens with one attached hydrogen (secondary N) is 2. The number of anilines is 1. The maximum Gasteiger partial charge on any atom is 0.256 e. The molecule has 2 rings (SSSR count). The Balaban J connectivity index is 2.23. The molecule has 1 aromatic rings. The molecule has 1 aliphatic heterocycles. The van der Waals surface area contributed by atoms with E-state index in [1.807, 2.05) is 0 Å². The first-order chi connectivity index (χ1) is 9.08. The maximum atomic E-state index is 12.4. The van der Waals surface area contributed by atoms with Crippen molar-refractivity contribution < 1.29 is 9.59 Å². The lowest BCUT2D eigenvalue weighted by Crippen LogP contribution is -2.50. The van der Waals surface area contributed by atoms with Gasteiger partial charge in [0.1, 0.15) is 0 Å². The molecule has 100 valence electrons. The molecule has 2 amide bonds. The lowest BCUT2D eigenvalue weighted by molar-refractivity contribution is -0.123. The SMILES string of the molecule is NC(=S)Nc1ccccc1C(=O)N1CCNC(=O)C1. The van der Waals surface area contributed by atoms with Crippen molar-refractivity contribution in [1.82, 2.24) is 10.2 Å². The molecule has 1 saturated heterocycles. The summed E-state index contributed by atoms with van der Waals surface area (Å²) in [5.74, 6) is -0.367. The van der Waals surface area contributed by atoms with E-state index in [1.165, 1.54) is 4.90 Å². The molecule has 0 atom stereocenters. The predicted molar refractivity (Wildman–Crippen MR) is 75.8 cm³/mol. The fourth-order valence-corrected chi connectivity index (χ4v) is 2.00. The third-order valence-corrected chi connectivity index (χ3v) is 2.84. The maximum absolute atomic E-state index is 12.4. The van der Waals surface area contributed by atoms with Gasteiger partial charge in [-0.1, -0.05) is 12.1 Å². The van der Waals surface area contributed by atoms with E-state index in [1.54, 1.807) is 24.3 Å². The van der Waals surface area contributed by atoms with Gasteiger partial charge in [-0.3, -0.25) is 9.59 Å². The summed E-state index contributed by atoms with van der Waals surface area (Å²) in [5, 5.41) is 5.54. The van der Waals surface area contributed by atoms with E-state index >= 15 is 0 Å². The molecule has 0 saturated carbocycles. The van der Waals surface area contributed by atoms with Gasteiger partial charge >= 0.3 is 0 Å². The molecule has 0 bridgehead atoms. The van der Waals surface area contributed by atoms with Crippen LogP contribution in [-0.2, 0) is 4.79 Å². The molecule has 0 aliphatic carbocycles. The largest absolute Gasteiger partial charge is 0.376 e. The smallest absolute Gasteiger partial charge is 0.256 e. The van der Waals surface area contributed by atoms with Gasteiger partial charge in [0.25, 0.3) is 5.91 Å². The normalized spacial score (nSPS) is 14.7. The Morgan fingerprint density at radius 3 is 2.84 bits per heavy atom. The van der Waals surface area contributed by atoms with Gasteiger partial charge in [-0.05, 0) is 24.4 Å². The number of carbonyl (C=O) groups excluding carboxylic acids is 2. The lowest BCUT2D eigenvalue weighted by Gasteiger charge is -2.27. The number of piperazine rings is 1. The summed E-state index contributed by atoms with van der Waals surface area (Å²) in [5.41, 5.74) is 6.42. The minimum atomic E-state index is -0.214. The van der Waals surface area contributed by atoms with Crippen molar-refractivity contribution in [3.05, 3.63) is 29.8 Å². The summed E-state index contributed by atoms with van der Waals surface area (Å²) in [7, 11) is 0. The molecule has 0 radical (unpaired) electrons. The number of nitrogens with two attached hydrogens (primary N) is 1. The second-order valence-electron chi connectivity index (χ2n) is 4.11. The number of carbonyl (C=O) groups is 2. The molecular formula is C12H14N4O2S. The number of amides is 2. The molecule has 0 unspecified atom stereocenters. The van der Waals surface area contributed by atoms with Crippen molar-refractivity contribution in [1.29, 1.82) is 0 Å². The summed E-state index contributed by atoms with van der Waals surface area (Å²) in [6.45, 7) is 1.03. The lowest BCUT2D eigenvalue weighted by atomic mass is 10.1. The molecule has 0 aromatic heterocycles. The molecule has 4 N–H and O–H groups in total. The minimum absolute atomic E-state index is 0.0697. The van der Waals surface area contributed by atoms with Crippen molar-refractivity contribution >= 4 is 34.8 Å². The number of benzene rings is 1. The van der Waals surface area contributed by atoms with E-state index in [0.717, 1.165) is 0 Å². The first-order valence-electron chi connectivity index (χ1n) is 5.79. The average molecular weight is 278 g/mol. The summed E-state index contributed by atoms with van der Waals surface area (Å²) >= 11 is 4.78. The van der Waals surface area contributed by atoms with E-state index in [0.29, 0.717) is 24.3 Å². The summed E-state index contributed by atoms with van der Waals surface area (Å²) in [6, 6.07) is 6.92. The van der Waals surface area contributed by atoms with Crippen LogP contribution in [0, 0.1) is 0 Å². The Morgan fingerprint density at radius 1 is 1.42 bits per heavy atom. The van der Waals surface area contributed by atoms with Crippen LogP contribution in [-0.4, -0.2) is 41.5 Å². The zero-order valence-corrected chi connectivity index (χ0v) is 11.0. The average Bonchev–Trinajstić information content (AvgIpc) is 2.38. The summed E-state index contributed by atoms with van der Waals surface area (Å²) in [4.78, 5) is 25.2. The third-order valence-electron chi connectivity index (χ3n) is 2.74. The number of hydrogen-bond acceptors (Lipinski definition) is 3. The topological polar surface area (TPSA) is 87.5 Å². The Bertz CT molecular complexity index is 532. The van der Waals surface area contributed by atoms with Crippen LogP contribution in [0.25, 0.3) is 0 Å². The molecule has 19 heavy (non-hydrogen) atoms. The van der Waals surface area contributed by atoms with Gasteiger partial charge < -0.3 is 21.3 Å².